The van der Waals surface area contributed by atoms with Crippen LogP contribution in [0.15, 0.2) is 43.0 Å². The Morgan fingerprint density at radius 2 is 2.18 bits per heavy atom. The third kappa shape index (κ3) is 2.77. The monoisotopic (exact) mass is 374 g/mol. The summed E-state index contributed by atoms with van der Waals surface area (Å²) < 4.78 is 1.98. The molecule has 1 unspecified atom stereocenters. The Morgan fingerprint density at radius 1 is 1.29 bits per heavy atom. The standard InChI is InChI=1S/C20H22N8/c1-12-4-6-15(11-27(12)3)23-20-22-9-17-16(8-21-19(17)24-20)14-5-7-18-26-25-13(2)28(18)10-14/h5,7-10,15H,1,4,6,11H2,2-3H3,(H2,21,22,23,24). The fraction of sp³-hybridized carbons (Fsp3) is 0.300. The van der Waals surface area contributed by atoms with E-state index in [1.165, 1.54) is 5.70 Å². The molecule has 1 aliphatic rings. The largest absolute Gasteiger partial charge is 0.376 e. The molecule has 4 aromatic rings. The summed E-state index contributed by atoms with van der Waals surface area (Å²) in [6.07, 6.45) is 7.94. The summed E-state index contributed by atoms with van der Waals surface area (Å²) in [4.78, 5) is 14.7. The van der Waals surface area contributed by atoms with Gasteiger partial charge in [-0.1, -0.05) is 6.58 Å². The lowest BCUT2D eigenvalue weighted by Crippen LogP contribution is -2.38. The number of hydrogen-bond donors (Lipinski definition) is 2. The van der Waals surface area contributed by atoms with E-state index in [4.69, 9.17) is 0 Å². The molecular formula is C20H22N8. The Bertz CT molecular complexity index is 1190. The van der Waals surface area contributed by atoms with Crippen LogP contribution in [0.2, 0.25) is 0 Å². The predicted octanol–water partition coefficient (Wildman–Crippen LogP) is 3.00. The van der Waals surface area contributed by atoms with E-state index in [1.807, 2.05) is 42.0 Å². The molecule has 0 bridgehead atoms. The average molecular weight is 374 g/mol. The van der Waals surface area contributed by atoms with Gasteiger partial charge in [0, 0.05) is 60.4 Å². The number of aromatic nitrogens is 6. The van der Waals surface area contributed by atoms with Gasteiger partial charge >= 0.3 is 0 Å². The maximum atomic E-state index is 4.68. The number of fused-ring (bicyclic) bond motifs is 2. The Morgan fingerprint density at radius 3 is 3.04 bits per heavy atom. The van der Waals surface area contributed by atoms with E-state index in [0.29, 0.717) is 12.0 Å². The lowest BCUT2D eigenvalue weighted by Gasteiger charge is -2.33. The summed E-state index contributed by atoms with van der Waals surface area (Å²) in [5.74, 6) is 1.51. The smallest absolute Gasteiger partial charge is 0.224 e. The van der Waals surface area contributed by atoms with Gasteiger partial charge in [0.25, 0.3) is 0 Å². The maximum Gasteiger partial charge on any atom is 0.224 e. The average Bonchev–Trinajstić information content (AvgIpc) is 3.28. The maximum absolute atomic E-state index is 4.68. The highest BCUT2D eigenvalue weighted by atomic mass is 15.2. The normalized spacial score (nSPS) is 17.6. The lowest BCUT2D eigenvalue weighted by molar-refractivity contribution is 0.325. The van der Waals surface area contributed by atoms with E-state index in [1.54, 1.807) is 0 Å². The molecule has 28 heavy (non-hydrogen) atoms. The summed E-state index contributed by atoms with van der Waals surface area (Å²) in [6, 6.07) is 4.34. The minimum absolute atomic E-state index is 0.321. The first kappa shape index (κ1) is 16.7. The van der Waals surface area contributed by atoms with Gasteiger partial charge in [-0.15, -0.1) is 10.2 Å². The highest BCUT2D eigenvalue weighted by molar-refractivity contribution is 5.93. The van der Waals surface area contributed by atoms with Crippen molar-refractivity contribution in [1.82, 2.24) is 34.4 Å². The van der Waals surface area contributed by atoms with Crippen LogP contribution in [0.4, 0.5) is 5.95 Å². The Labute approximate surface area is 162 Å². The fourth-order valence-corrected chi connectivity index (χ4v) is 3.76. The predicted molar refractivity (Wildman–Crippen MR) is 109 cm³/mol. The summed E-state index contributed by atoms with van der Waals surface area (Å²) >= 11 is 0. The molecule has 142 valence electrons. The number of likely N-dealkylation sites (N-methyl/N-ethyl adjacent to an activating group) is 1. The fourth-order valence-electron chi connectivity index (χ4n) is 3.76. The number of aryl methyl sites for hydroxylation is 1. The van der Waals surface area contributed by atoms with Crippen LogP contribution in [-0.4, -0.2) is 54.1 Å². The van der Waals surface area contributed by atoms with Gasteiger partial charge < -0.3 is 15.2 Å². The molecule has 0 aromatic carbocycles. The van der Waals surface area contributed by atoms with Crippen molar-refractivity contribution in [3.63, 3.8) is 0 Å². The molecule has 0 spiro atoms. The molecule has 1 fully saturated rings. The molecule has 5 heterocycles. The van der Waals surface area contributed by atoms with Gasteiger partial charge in [0.1, 0.15) is 11.5 Å². The zero-order valence-electron chi connectivity index (χ0n) is 16.0. The van der Waals surface area contributed by atoms with Crippen molar-refractivity contribution >= 4 is 22.6 Å². The van der Waals surface area contributed by atoms with Crippen molar-refractivity contribution in [3.8, 4) is 11.1 Å². The summed E-state index contributed by atoms with van der Waals surface area (Å²) in [7, 11) is 2.08. The van der Waals surface area contributed by atoms with Crippen molar-refractivity contribution in [2.45, 2.75) is 25.8 Å². The number of likely N-dealkylation sites (tertiary alicyclic amines) is 1. The van der Waals surface area contributed by atoms with E-state index in [0.717, 1.165) is 53.0 Å². The number of nitrogens with one attached hydrogen (secondary N) is 2. The molecular weight excluding hydrogens is 352 g/mol. The van der Waals surface area contributed by atoms with Crippen molar-refractivity contribution in [2.75, 3.05) is 18.9 Å². The number of rotatable bonds is 3. The second-order valence-corrected chi connectivity index (χ2v) is 7.38. The Kier molecular flexibility index (Phi) is 3.78. The molecule has 1 saturated heterocycles. The SMILES string of the molecule is C=C1CCC(Nc2ncc3c(-c4ccc5nnc(C)n5c4)c[nH]c3n2)CN1C. The number of anilines is 1. The molecule has 0 radical (unpaired) electrons. The molecule has 0 saturated carbocycles. The Hall–Kier alpha value is -3.42. The zero-order valence-corrected chi connectivity index (χ0v) is 16.0. The molecule has 1 aliphatic heterocycles. The van der Waals surface area contributed by atoms with Crippen LogP contribution in [0, 0.1) is 6.92 Å². The summed E-state index contributed by atoms with van der Waals surface area (Å²) in [5, 5.41) is 12.7. The highest BCUT2D eigenvalue weighted by Gasteiger charge is 2.20. The first-order chi connectivity index (χ1) is 13.6. The second kappa shape index (κ2) is 6.33. The van der Waals surface area contributed by atoms with Crippen LogP contribution < -0.4 is 5.32 Å². The number of H-pyrrole nitrogens is 1. The van der Waals surface area contributed by atoms with Gasteiger partial charge in [-0.25, -0.2) is 4.98 Å². The van der Waals surface area contributed by atoms with Crippen LogP contribution in [-0.2, 0) is 0 Å². The zero-order chi connectivity index (χ0) is 19.3. The number of hydrogen-bond acceptors (Lipinski definition) is 6. The number of piperidine rings is 1. The van der Waals surface area contributed by atoms with E-state index in [9.17, 15) is 0 Å². The van der Waals surface area contributed by atoms with E-state index in [2.05, 4.69) is 49.0 Å². The van der Waals surface area contributed by atoms with Crippen LogP contribution in [0.25, 0.3) is 27.8 Å². The lowest BCUT2D eigenvalue weighted by atomic mass is 10.0. The molecule has 5 rings (SSSR count). The third-order valence-corrected chi connectivity index (χ3v) is 5.46. The minimum Gasteiger partial charge on any atom is -0.376 e. The van der Waals surface area contributed by atoms with Gasteiger partial charge in [0.05, 0.1) is 0 Å². The molecule has 0 amide bonds. The number of nitrogens with zero attached hydrogens (tertiary/aromatic N) is 6. The number of allylic oxidation sites excluding steroid dienone is 1. The minimum atomic E-state index is 0.321. The topological polar surface area (TPSA) is 87.0 Å². The van der Waals surface area contributed by atoms with Crippen molar-refractivity contribution < 1.29 is 0 Å². The van der Waals surface area contributed by atoms with Crippen molar-refractivity contribution in [2.24, 2.45) is 0 Å². The van der Waals surface area contributed by atoms with Crippen molar-refractivity contribution in [1.29, 1.82) is 0 Å². The van der Waals surface area contributed by atoms with Crippen molar-refractivity contribution in [3.05, 3.63) is 48.8 Å². The van der Waals surface area contributed by atoms with E-state index < -0.39 is 0 Å². The molecule has 2 N–H and O–H groups in total. The molecule has 8 heteroatoms. The first-order valence-corrected chi connectivity index (χ1v) is 9.40. The number of aromatic amines is 1. The quantitative estimate of drug-likeness (QED) is 0.573. The Balaban J connectivity index is 1.44. The third-order valence-electron chi connectivity index (χ3n) is 5.46. The van der Waals surface area contributed by atoms with Crippen LogP contribution in [0.5, 0.6) is 0 Å². The van der Waals surface area contributed by atoms with E-state index in [-0.39, 0.29) is 0 Å². The number of pyridine rings is 1. The van der Waals surface area contributed by atoms with Gasteiger partial charge in [-0.05, 0) is 31.9 Å². The van der Waals surface area contributed by atoms with Crippen LogP contribution in [0.1, 0.15) is 18.7 Å². The van der Waals surface area contributed by atoms with Gasteiger partial charge in [0.15, 0.2) is 5.65 Å². The molecule has 0 aliphatic carbocycles. The van der Waals surface area contributed by atoms with Crippen LogP contribution >= 0.6 is 0 Å². The summed E-state index contributed by atoms with van der Waals surface area (Å²) in [5.41, 5.74) is 4.97. The molecule has 1 atom stereocenters. The molecule has 8 nitrogen and oxygen atoms in total. The summed E-state index contributed by atoms with van der Waals surface area (Å²) in [6.45, 7) is 6.94. The van der Waals surface area contributed by atoms with Crippen LogP contribution in [0.3, 0.4) is 0 Å². The van der Waals surface area contributed by atoms with Gasteiger partial charge in [-0.2, -0.15) is 4.98 Å². The van der Waals surface area contributed by atoms with Gasteiger partial charge in [0.2, 0.25) is 5.95 Å². The molecule has 4 aromatic heterocycles. The second-order valence-electron chi connectivity index (χ2n) is 7.38. The van der Waals surface area contributed by atoms with E-state index >= 15 is 0 Å². The highest BCUT2D eigenvalue weighted by Crippen LogP contribution is 2.28. The van der Waals surface area contributed by atoms with Gasteiger partial charge in [-0.3, -0.25) is 4.40 Å². The first-order valence-electron chi connectivity index (χ1n) is 9.40.